The highest BCUT2D eigenvalue weighted by Crippen LogP contribution is 2.72. The van der Waals surface area contributed by atoms with E-state index in [0.29, 0.717) is 5.41 Å². The summed E-state index contributed by atoms with van der Waals surface area (Å²) in [5, 5.41) is -0.576. The van der Waals surface area contributed by atoms with Crippen LogP contribution in [0.25, 0.3) is 0 Å². The average molecular weight is 505 g/mol. The number of aromatic nitrogens is 4. The average Bonchev–Trinajstić information content (AvgIpc) is 3.33. The summed E-state index contributed by atoms with van der Waals surface area (Å²) < 4.78 is 0. The first-order chi connectivity index (χ1) is 16.7. The Kier molecular flexibility index (Phi) is 5.63. The Bertz CT molecular complexity index is 1080. The van der Waals surface area contributed by atoms with E-state index in [1.807, 2.05) is 12.4 Å². The van der Waals surface area contributed by atoms with Crippen molar-refractivity contribution in [2.75, 3.05) is 0 Å². The fourth-order valence-corrected chi connectivity index (χ4v) is 10.1. The van der Waals surface area contributed by atoms with E-state index >= 15 is 0 Å². The molecule has 0 aliphatic heterocycles. The maximum absolute atomic E-state index is 4.82. The lowest BCUT2D eigenvalue weighted by molar-refractivity contribution is -0.106. The van der Waals surface area contributed by atoms with E-state index in [1.54, 1.807) is 24.8 Å². The van der Waals surface area contributed by atoms with Crippen LogP contribution in [0.15, 0.2) is 61.0 Å². The normalized spacial score (nSPS) is 33.6. The molecule has 4 unspecified atom stereocenters. The van der Waals surface area contributed by atoms with Crippen LogP contribution in [0.2, 0.25) is 0 Å². The van der Waals surface area contributed by atoms with Gasteiger partial charge in [-0.3, -0.25) is 19.9 Å². The molecular weight excluding hydrogens is 466 g/mol. The van der Waals surface area contributed by atoms with Crippen LogP contribution in [0.4, 0.5) is 0 Å². The van der Waals surface area contributed by atoms with Crippen molar-refractivity contribution in [2.24, 2.45) is 34.5 Å². The van der Waals surface area contributed by atoms with Crippen molar-refractivity contribution in [2.45, 2.75) is 69.6 Å². The van der Waals surface area contributed by atoms with E-state index in [4.69, 9.17) is 9.97 Å². The lowest BCUT2D eigenvalue weighted by atomic mass is 9.41. The SMILES string of the molecule is CC(C)(C)C(P)(C1C=CC=C1C(P)(c1cnccn1)c1cnccn1)C12CC3CC(CC(C3)C1)C2. The molecule has 184 valence electrons. The first-order valence-electron chi connectivity index (χ1n) is 13.2. The Morgan fingerprint density at radius 2 is 1.31 bits per heavy atom. The molecule has 0 amide bonds. The van der Waals surface area contributed by atoms with E-state index in [-0.39, 0.29) is 16.5 Å². The van der Waals surface area contributed by atoms with Crippen LogP contribution in [0.3, 0.4) is 0 Å². The predicted octanol–water partition coefficient (Wildman–Crippen LogP) is 6.37. The highest BCUT2D eigenvalue weighted by molar-refractivity contribution is 7.20. The first-order valence-corrected chi connectivity index (χ1v) is 14.3. The fourth-order valence-electron chi connectivity index (χ4n) is 8.89. The van der Waals surface area contributed by atoms with Gasteiger partial charge in [0.1, 0.15) is 0 Å². The molecule has 6 heteroatoms. The van der Waals surface area contributed by atoms with Gasteiger partial charge in [-0.15, -0.1) is 18.5 Å². The molecule has 7 rings (SSSR count). The summed E-state index contributed by atoms with van der Waals surface area (Å²) in [5.74, 6) is 2.97. The molecule has 4 bridgehead atoms. The Morgan fingerprint density at radius 3 is 1.74 bits per heavy atom. The summed E-state index contributed by atoms with van der Waals surface area (Å²) in [5.41, 5.74) is 3.57. The van der Waals surface area contributed by atoms with Crippen LogP contribution < -0.4 is 0 Å². The summed E-state index contributed by atoms with van der Waals surface area (Å²) in [4.78, 5) is 18.6. The van der Waals surface area contributed by atoms with Gasteiger partial charge < -0.3 is 0 Å². The van der Waals surface area contributed by atoms with Crippen molar-refractivity contribution in [1.29, 1.82) is 0 Å². The molecule has 4 saturated carbocycles. The van der Waals surface area contributed by atoms with Gasteiger partial charge in [-0.1, -0.05) is 39.0 Å². The van der Waals surface area contributed by atoms with Gasteiger partial charge in [-0.05, 0) is 72.7 Å². The number of hydrogen-bond acceptors (Lipinski definition) is 4. The first kappa shape index (κ1) is 23.9. The van der Waals surface area contributed by atoms with E-state index in [2.05, 4.69) is 67.4 Å². The quantitative estimate of drug-likeness (QED) is 0.444. The number of rotatable bonds is 5. The third kappa shape index (κ3) is 3.46. The Labute approximate surface area is 214 Å². The zero-order valence-corrected chi connectivity index (χ0v) is 23.5. The molecule has 35 heavy (non-hydrogen) atoms. The topological polar surface area (TPSA) is 51.6 Å². The molecule has 4 nitrogen and oxygen atoms in total. The van der Waals surface area contributed by atoms with Gasteiger partial charge >= 0.3 is 0 Å². The van der Waals surface area contributed by atoms with Crippen molar-refractivity contribution in [3.05, 3.63) is 72.4 Å². The molecule has 5 aliphatic rings. The van der Waals surface area contributed by atoms with Crippen LogP contribution in [0, 0.1) is 34.5 Å². The Balaban J connectivity index is 1.52. The predicted molar refractivity (Wildman–Crippen MR) is 148 cm³/mol. The minimum atomic E-state index is -0.591. The second-order valence-corrected chi connectivity index (χ2v) is 14.6. The summed E-state index contributed by atoms with van der Waals surface area (Å²) >= 11 is 0. The zero-order chi connectivity index (χ0) is 24.5. The molecule has 2 heterocycles. The highest BCUT2D eigenvalue weighted by atomic mass is 31.0. The van der Waals surface area contributed by atoms with Gasteiger partial charge in [0.25, 0.3) is 0 Å². The largest absolute Gasteiger partial charge is 0.261 e. The number of hydrogen-bond donors (Lipinski definition) is 0. The maximum atomic E-state index is 4.82. The summed E-state index contributed by atoms with van der Waals surface area (Å²) in [6.45, 7) is 7.41. The third-order valence-corrected chi connectivity index (χ3v) is 12.7. The summed E-state index contributed by atoms with van der Waals surface area (Å²) in [7, 11) is 6.66. The summed E-state index contributed by atoms with van der Waals surface area (Å²) in [6, 6.07) is 0. The number of nitrogens with zero attached hydrogens (tertiary/aromatic N) is 4. The molecule has 0 spiro atoms. The van der Waals surface area contributed by atoms with E-state index in [9.17, 15) is 0 Å². The van der Waals surface area contributed by atoms with Crippen LogP contribution in [-0.2, 0) is 5.16 Å². The van der Waals surface area contributed by atoms with Crippen molar-refractivity contribution in [1.82, 2.24) is 19.9 Å². The van der Waals surface area contributed by atoms with Crippen molar-refractivity contribution in [3.8, 4) is 0 Å². The third-order valence-electron chi connectivity index (χ3n) is 9.95. The minimum absolute atomic E-state index is 0.0150. The molecule has 2 aromatic heterocycles. The smallest absolute Gasteiger partial charge is 0.0933 e. The molecule has 4 atom stereocenters. The standard InChI is InChI=1S/C29H38N4P2/c1-26(2,3)29(35,27-14-19-11-20(15-27)13-21(12-19)16-27)23-6-4-5-22(23)28(34,24-17-30-7-9-32-24)25-18-31-8-10-33-25/h4-10,17-21,23H,11-16,34-35H2,1-3H3. The van der Waals surface area contributed by atoms with Crippen LogP contribution >= 0.6 is 18.5 Å². The van der Waals surface area contributed by atoms with Gasteiger partial charge in [-0.25, -0.2) is 0 Å². The second-order valence-electron chi connectivity index (χ2n) is 12.8. The molecule has 0 radical (unpaired) electrons. The van der Waals surface area contributed by atoms with E-state index < -0.39 is 5.16 Å². The van der Waals surface area contributed by atoms with Gasteiger partial charge in [-0.2, -0.15) is 0 Å². The lowest BCUT2D eigenvalue weighted by Gasteiger charge is -2.68. The van der Waals surface area contributed by atoms with Crippen LogP contribution in [-0.4, -0.2) is 25.1 Å². The van der Waals surface area contributed by atoms with Gasteiger partial charge in [0.2, 0.25) is 0 Å². The Hall–Kier alpha value is -1.50. The second kappa shape index (κ2) is 8.26. The minimum Gasteiger partial charge on any atom is -0.261 e. The molecule has 4 fully saturated rings. The van der Waals surface area contributed by atoms with Gasteiger partial charge in [0.15, 0.2) is 0 Å². The molecule has 5 aliphatic carbocycles. The molecule has 0 N–H and O–H groups in total. The van der Waals surface area contributed by atoms with Gasteiger partial charge in [0, 0.05) is 35.9 Å². The van der Waals surface area contributed by atoms with Crippen molar-refractivity contribution < 1.29 is 0 Å². The Morgan fingerprint density at radius 1 is 0.800 bits per heavy atom. The van der Waals surface area contributed by atoms with Crippen LogP contribution in [0.5, 0.6) is 0 Å². The van der Waals surface area contributed by atoms with E-state index in [1.165, 1.54) is 44.1 Å². The summed E-state index contributed by atoms with van der Waals surface area (Å²) in [6.07, 6.45) is 26.4. The molecule has 2 aromatic rings. The molecule has 0 aromatic carbocycles. The molecule has 0 saturated heterocycles. The monoisotopic (exact) mass is 504 g/mol. The van der Waals surface area contributed by atoms with Crippen LogP contribution in [0.1, 0.15) is 70.7 Å². The van der Waals surface area contributed by atoms with Gasteiger partial charge in [0.05, 0.1) is 28.9 Å². The van der Waals surface area contributed by atoms with Crippen molar-refractivity contribution >= 4 is 18.5 Å². The zero-order valence-electron chi connectivity index (χ0n) is 21.2. The fraction of sp³-hybridized carbons (Fsp3) is 0.586. The maximum Gasteiger partial charge on any atom is 0.0933 e. The lowest BCUT2D eigenvalue weighted by Crippen LogP contribution is -2.63. The molecular formula is C29H38N4P2. The van der Waals surface area contributed by atoms with Crippen molar-refractivity contribution in [3.63, 3.8) is 0 Å². The van der Waals surface area contributed by atoms with E-state index in [0.717, 1.165) is 29.1 Å². The highest BCUT2D eigenvalue weighted by Gasteiger charge is 2.65. The number of allylic oxidation sites excluding steroid dienone is 4.